The molecule has 0 radical (unpaired) electrons. The van der Waals surface area contributed by atoms with Crippen molar-refractivity contribution in [1.29, 1.82) is 0 Å². The maximum Gasteiger partial charge on any atom is 0.108 e. The van der Waals surface area contributed by atoms with Crippen LogP contribution >= 0.6 is 0 Å². The molecule has 2 heterocycles. The molecule has 0 fully saturated rings. The normalized spacial score (nSPS) is 12.6. The van der Waals surface area contributed by atoms with Crippen molar-refractivity contribution in [1.82, 2.24) is 25.1 Å². The molecule has 0 aliphatic heterocycles. The molecule has 114 valence electrons. The number of imidazole rings is 1. The van der Waals surface area contributed by atoms with E-state index >= 15 is 0 Å². The van der Waals surface area contributed by atoms with Crippen LogP contribution in [0.1, 0.15) is 49.1 Å². The van der Waals surface area contributed by atoms with Crippen LogP contribution in [-0.4, -0.2) is 26.3 Å². The van der Waals surface area contributed by atoms with Crippen molar-refractivity contribution < 1.29 is 0 Å². The lowest BCUT2D eigenvalue weighted by molar-refractivity contribution is 0.498. The van der Waals surface area contributed by atoms with E-state index in [9.17, 15) is 0 Å². The zero-order valence-electron chi connectivity index (χ0n) is 13.4. The summed E-state index contributed by atoms with van der Waals surface area (Å²) in [6.07, 6.45) is 6.72. The highest BCUT2D eigenvalue weighted by Crippen LogP contribution is 2.22. The molecule has 1 atom stereocenters. The molecule has 0 aliphatic carbocycles. The summed E-state index contributed by atoms with van der Waals surface area (Å²) >= 11 is 0. The Kier molecular flexibility index (Phi) is 5.44. The Bertz CT molecular complexity index is 576. The van der Waals surface area contributed by atoms with E-state index in [1.54, 1.807) is 0 Å². The summed E-state index contributed by atoms with van der Waals surface area (Å²) in [7, 11) is 2.04. The quantitative estimate of drug-likeness (QED) is 0.849. The van der Waals surface area contributed by atoms with Gasteiger partial charge in [0.2, 0.25) is 0 Å². The first-order valence-corrected chi connectivity index (χ1v) is 7.68. The number of nitrogens with zero attached hydrogens (tertiary/aromatic N) is 4. The van der Waals surface area contributed by atoms with Gasteiger partial charge in [0.15, 0.2) is 0 Å². The van der Waals surface area contributed by atoms with Crippen LogP contribution in [0.3, 0.4) is 0 Å². The minimum Gasteiger partial charge on any atom is -0.338 e. The van der Waals surface area contributed by atoms with Crippen LogP contribution in [0.2, 0.25) is 0 Å². The van der Waals surface area contributed by atoms with E-state index in [2.05, 4.69) is 45.0 Å². The van der Waals surface area contributed by atoms with E-state index in [1.165, 1.54) is 5.56 Å². The van der Waals surface area contributed by atoms with E-state index in [-0.39, 0.29) is 0 Å². The second kappa shape index (κ2) is 7.31. The predicted octanol–water partition coefficient (Wildman–Crippen LogP) is 2.36. The Hall–Kier alpha value is -1.75. The van der Waals surface area contributed by atoms with E-state index < -0.39 is 0 Å². The zero-order valence-corrected chi connectivity index (χ0v) is 13.4. The molecule has 0 amide bonds. The first-order valence-electron chi connectivity index (χ1n) is 7.68. The van der Waals surface area contributed by atoms with Gasteiger partial charge >= 0.3 is 0 Å². The highest BCUT2D eigenvalue weighted by atomic mass is 15.1. The lowest BCUT2D eigenvalue weighted by Gasteiger charge is -2.20. The molecule has 5 heteroatoms. The molecule has 2 aromatic heterocycles. The van der Waals surface area contributed by atoms with Crippen LogP contribution in [0.25, 0.3) is 0 Å². The van der Waals surface area contributed by atoms with E-state index in [1.807, 2.05) is 26.4 Å². The predicted molar refractivity (Wildman–Crippen MR) is 84.1 cm³/mol. The number of aryl methyl sites for hydroxylation is 4. The third-order valence-corrected chi connectivity index (χ3v) is 3.76. The molecule has 0 aromatic carbocycles. The summed E-state index contributed by atoms with van der Waals surface area (Å²) in [6, 6.07) is 2.47. The van der Waals surface area contributed by atoms with Crippen molar-refractivity contribution >= 4 is 0 Å². The van der Waals surface area contributed by atoms with Crippen molar-refractivity contribution in [2.24, 2.45) is 7.05 Å². The van der Waals surface area contributed by atoms with Gasteiger partial charge < -0.3 is 9.88 Å². The highest BCUT2D eigenvalue weighted by molar-refractivity contribution is 5.25. The molecule has 0 aliphatic rings. The molecule has 0 saturated carbocycles. The molecule has 2 aromatic rings. The number of hydrogen-bond donors (Lipinski definition) is 1. The second-order valence-electron chi connectivity index (χ2n) is 5.34. The Morgan fingerprint density at radius 2 is 2.10 bits per heavy atom. The zero-order chi connectivity index (χ0) is 15.2. The molecule has 1 N–H and O–H groups in total. The van der Waals surface area contributed by atoms with Crippen molar-refractivity contribution in [3.05, 3.63) is 41.2 Å². The summed E-state index contributed by atoms with van der Waals surface area (Å²) < 4.78 is 2.08. The average Bonchev–Trinajstić information content (AvgIpc) is 2.89. The van der Waals surface area contributed by atoms with Gasteiger partial charge in [0, 0.05) is 31.9 Å². The molecular formula is C16H25N5. The second-order valence-corrected chi connectivity index (χ2v) is 5.34. The largest absolute Gasteiger partial charge is 0.338 e. The number of hydrogen-bond acceptors (Lipinski definition) is 4. The van der Waals surface area contributed by atoms with Crippen LogP contribution in [0.5, 0.6) is 0 Å². The van der Waals surface area contributed by atoms with Gasteiger partial charge in [-0.15, -0.1) is 0 Å². The molecule has 2 rings (SSSR count). The van der Waals surface area contributed by atoms with Gasteiger partial charge in [-0.2, -0.15) is 10.2 Å². The van der Waals surface area contributed by atoms with E-state index in [0.717, 1.165) is 43.0 Å². The smallest absolute Gasteiger partial charge is 0.108 e. The van der Waals surface area contributed by atoms with Crippen molar-refractivity contribution in [3.63, 3.8) is 0 Å². The monoisotopic (exact) mass is 287 g/mol. The molecular weight excluding hydrogens is 262 g/mol. The molecule has 0 bridgehead atoms. The standard InChI is InChI=1S/C16H25N5/c1-5-14-13(11-12(3)19-20-14)15(17-6-2)7-8-16-18-9-10-21(16)4/h9-11,15,17H,5-8H2,1-4H3. The van der Waals surface area contributed by atoms with Crippen molar-refractivity contribution in [2.75, 3.05) is 6.54 Å². The summed E-state index contributed by atoms with van der Waals surface area (Å²) in [5.74, 6) is 1.12. The maximum atomic E-state index is 4.41. The maximum absolute atomic E-state index is 4.41. The first-order chi connectivity index (χ1) is 10.2. The van der Waals surface area contributed by atoms with Crippen molar-refractivity contribution in [2.45, 2.75) is 46.1 Å². The number of aromatic nitrogens is 4. The lowest BCUT2D eigenvalue weighted by atomic mass is 9.98. The number of rotatable bonds is 7. The third-order valence-electron chi connectivity index (χ3n) is 3.76. The average molecular weight is 287 g/mol. The van der Waals surface area contributed by atoms with Gasteiger partial charge in [-0.1, -0.05) is 13.8 Å². The van der Waals surface area contributed by atoms with Gasteiger partial charge in [0.05, 0.1) is 11.4 Å². The minimum atomic E-state index is 0.302. The molecule has 5 nitrogen and oxygen atoms in total. The fourth-order valence-corrected chi connectivity index (χ4v) is 2.64. The van der Waals surface area contributed by atoms with Gasteiger partial charge in [-0.3, -0.25) is 0 Å². The van der Waals surface area contributed by atoms with Crippen molar-refractivity contribution in [3.8, 4) is 0 Å². The fraction of sp³-hybridized carbons (Fsp3) is 0.562. The summed E-state index contributed by atoms with van der Waals surface area (Å²) in [4.78, 5) is 4.41. The molecule has 0 saturated heterocycles. The van der Waals surface area contributed by atoms with Crippen LogP contribution < -0.4 is 5.32 Å². The molecule has 0 spiro atoms. The van der Waals surface area contributed by atoms with Crippen LogP contribution in [0.15, 0.2) is 18.5 Å². The Morgan fingerprint density at radius 3 is 2.71 bits per heavy atom. The van der Waals surface area contributed by atoms with Crippen LogP contribution in [0.4, 0.5) is 0 Å². The summed E-state index contributed by atoms with van der Waals surface area (Å²) in [6.45, 7) is 7.21. The topological polar surface area (TPSA) is 55.6 Å². The lowest BCUT2D eigenvalue weighted by Crippen LogP contribution is -2.24. The SMILES string of the molecule is CCNC(CCc1nccn1C)c1cc(C)nnc1CC. The third kappa shape index (κ3) is 3.88. The van der Waals surface area contributed by atoms with Gasteiger partial charge in [0.1, 0.15) is 5.82 Å². The first kappa shape index (κ1) is 15.6. The Balaban J connectivity index is 2.18. The Labute approximate surface area is 126 Å². The van der Waals surface area contributed by atoms with Gasteiger partial charge in [-0.05, 0) is 37.9 Å². The van der Waals surface area contributed by atoms with Gasteiger partial charge in [0.25, 0.3) is 0 Å². The van der Waals surface area contributed by atoms with E-state index in [0.29, 0.717) is 6.04 Å². The van der Waals surface area contributed by atoms with Gasteiger partial charge in [-0.25, -0.2) is 4.98 Å². The molecule has 1 unspecified atom stereocenters. The Morgan fingerprint density at radius 1 is 1.29 bits per heavy atom. The minimum absolute atomic E-state index is 0.302. The van der Waals surface area contributed by atoms with Crippen LogP contribution in [-0.2, 0) is 19.9 Å². The number of nitrogens with one attached hydrogen (secondary N) is 1. The van der Waals surface area contributed by atoms with E-state index in [4.69, 9.17) is 0 Å². The molecule has 21 heavy (non-hydrogen) atoms. The summed E-state index contributed by atoms with van der Waals surface area (Å²) in [5, 5.41) is 12.1. The van der Waals surface area contributed by atoms with Crippen LogP contribution in [0, 0.1) is 6.92 Å². The fourth-order valence-electron chi connectivity index (χ4n) is 2.64. The summed E-state index contributed by atoms with van der Waals surface area (Å²) in [5.41, 5.74) is 3.34. The highest BCUT2D eigenvalue weighted by Gasteiger charge is 2.16.